The maximum absolute atomic E-state index is 12.9. The van der Waals surface area contributed by atoms with E-state index in [-0.39, 0.29) is 38.2 Å². The van der Waals surface area contributed by atoms with Gasteiger partial charge in [-0.1, -0.05) is 335 Å². The third-order valence-electron chi connectivity index (χ3n) is 15.9. The lowest BCUT2D eigenvalue weighted by atomic mass is 10.0. The fourth-order valence-corrected chi connectivity index (χ4v) is 10.6. The second kappa shape index (κ2) is 60.4. The standard InChI is InChI=1S/C68H133NO8/c1-6-8-10-12-14-16-18-19-20-21-22-23-24-25-26-27-28-29-30-31-32-33-34-35-36-37-38-39-40-41-42-43-44-45-46-47-49-51-53-55-57-59-66(71)77-64(63-76-68(67(72)73)74-61-60-69(3,4)5)62-75-65(70)58-56-54-52-50-48-17-15-13-11-9-7-2/h64,68H,6-63H2,1-5H3/p+1. The van der Waals surface area contributed by atoms with E-state index in [1.54, 1.807) is 0 Å². The Balaban J connectivity index is 3.80. The van der Waals surface area contributed by atoms with E-state index in [0.717, 1.165) is 38.5 Å². The second-order valence-electron chi connectivity index (χ2n) is 24.9. The van der Waals surface area contributed by atoms with Crippen LogP contribution < -0.4 is 0 Å². The average molecular weight is 1090 g/mol. The molecule has 0 aliphatic carbocycles. The molecular weight excluding hydrogens is 959 g/mol. The van der Waals surface area contributed by atoms with Crippen LogP contribution in [0.4, 0.5) is 0 Å². The Morgan fingerprint density at radius 2 is 0.584 bits per heavy atom. The molecule has 0 aliphatic heterocycles. The van der Waals surface area contributed by atoms with Gasteiger partial charge in [-0.3, -0.25) is 9.59 Å². The van der Waals surface area contributed by atoms with Crippen LogP contribution in [0.3, 0.4) is 0 Å². The van der Waals surface area contributed by atoms with Crippen molar-refractivity contribution >= 4 is 17.9 Å². The number of carbonyl (C=O) groups excluding carboxylic acids is 2. The van der Waals surface area contributed by atoms with Crippen molar-refractivity contribution in [2.75, 3.05) is 47.5 Å². The van der Waals surface area contributed by atoms with Crippen LogP contribution in [-0.2, 0) is 33.3 Å². The molecule has 0 aromatic heterocycles. The molecule has 9 heteroatoms. The molecule has 2 atom stereocenters. The monoisotopic (exact) mass is 1090 g/mol. The van der Waals surface area contributed by atoms with E-state index in [2.05, 4.69) is 13.8 Å². The van der Waals surface area contributed by atoms with E-state index in [4.69, 9.17) is 18.9 Å². The zero-order valence-corrected chi connectivity index (χ0v) is 52.4. The van der Waals surface area contributed by atoms with Crippen LogP contribution in [0.2, 0.25) is 0 Å². The lowest BCUT2D eigenvalue weighted by molar-refractivity contribution is -0.870. The predicted octanol–water partition coefficient (Wildman–Crippen LogP) is 20.7. The number of rotatable bonds is 65. The first-order valence-electron chi connectivity index (χ1n) is 34.2. The summed E-state index contributed by atoms with van der Waals surface area (Å²) >= 11 is 0. The Hall–Kier alpha value is -1.71. The summed E-state index contributed by atoms with van der Waals surface area (Å²) in [6.45, 7) is 4.93. The summed E-state index contributed by atoms with van der Waals surface area (Å²) in [4.78, 5) is 37.3. The van der Waals surface area contributed by atoms with Crippen molar-refractivity contribution in [1.82, 2.24) is 0 Å². The highest BCUT2D eigenvalue weighted by molar-refractivity contribution is 5.71. The van der Waals surface area contributed by atoms with Gasteiger partial charge in [0.25, 0.3) is 6.29 Å². The number of hydrogen-bond acceptors (Lipinski definition) is 7. The van der Waals surface area contributed by atoms with Gasteiger partial charge in [0.1, 0.15) is 13.2 Å². The van der Waals surface area contributed by atoms with Gasteiger partial charge in [-0.05, 0) is 12.8 Å². The smallest absolute Gasteiger partial charge is 0.361 e. The summed E-state index contributed by atoms with van der Waals surface area (Å²) in [6, 6.07) is 0. The summed E-state index contributed by atoms with van der Waals surface area (Å²) in [5, 5.41) is 9.69. The summed E-state index contributed by atoms with van der Waals surface area (Å²) in [6.07, 6.45) is 68.3. The zero-order valence-electron chi connectivity index (χ0n) is 52.4. The van der Waals surface area contributed by atoms with Crippen LogP contribution in [0, 0.1) is 0 Å². The van der Waals surface area contributed by atoms with Crippen molar-refractivity contribution in [2.45, 2.75) is 373 Å². The van der Waals surface area contributed by atoms with Crippen molar-refractivity contribution < 1.29 is 42.9 Å². The van der Waals surface area contributed by atoms with Crippen molar-refractivity contribution in [3.05, 3.63) is 0 Å². The quantitative estimate of drug-likeness (QED) is 0.0278. The zero-order chi connectivity index (χ0) is 56.2. The summed E-state index contributed by atoms with van der Waals surface area (Å²) in [5.41, 5.74) is 0. The molecule has 0 rings (SSSR count). The Labute approximate surface area is 479 Å². The van der Waals surface area contributed by atoms with Gasteiger partial charge in [0.05, 0.1) is 34.4 Å². The van der Waals surface area contributed by atoms with Crippen LogP contribution in [0.5, 0.6) is 0 Å². The molecule has 0 heterocycles. The molecule has 1 N–H and O–H groups in total. The van der Waals surface area contributed by atoms with Gasteiger partial charge < -0.3 is 28.5 Å². The minimum Gasteiger partial charge on any atom is -0.477 e. The number of nitrogens with zero attached hydrogens (tertiary/aromatic N) is 1. The first kappa shape index (κ1) is 75.3. The number of aliphatic carboxylic acids is 1. The molecule has 0 spiro atoms. The van der Waals surface area contributed by atoms with E-state index in [0.29, 0.717) is 17.4 Å². The fraction of sp³-hybridized carbons (Fsp3) is 0.956. The Bertz CT molecular complexity index is 1220. The number of carboxylic acids is 1. The SMILES string of the molecule is CCCCCCCCCCCCCCCCCCCCCCCCCCCCCCCCCCCCCCCCCCCC(=O)OC(COC(=O)CCCCCCCCCCCCC)COC(OCC[N+](C)(C)C)C(=O)O. The molecular formula is C68H134NO8+. The highest BCUT2D eigenvalue weighted by atomic mass is 16.7. The van der Waals surface area contributed by atoms with Crippen LogP contribution >= 0.6 is 0 Å². The largest absolute Gasteiger partial charge is 0.477 e. The molecule has 0 fully saturated rings. The average Bonchev–Trinajstić information content (AvgIpc) is 3.40. The summed E-state index contributed by atoms with van der Waals surface area (Å²) < 4.78 is 22.9. The first-order valence-corrected chi connectivity index (χ1v) is 34.2. The summed E-state index contributed by atoms with van der Waals surface area (Å²) in [7, 11) is 5.98. The van der Waals surface area contributed by atoms with Crippen LogP contribution in [-0.4, -0.2) is 87.4 Å². The van der Waals surface area contributed by atoms with Gasteiger partial charge in [0.15, 0.2) is 6.10 Å². The first-order chi connectivity index (χ1) is 37.6. The number of ether oxygens (including phenoxy) is 4. The molecule has 0 saturated carbocycles. The number of carbonyl (C=O) groups is 3. The van der Waals surface area contributed by atoms with Gasteiger partial charge in [-0.2, -0.15) is 0 Å². The predicted molar refractivity (Wildman–Crippen MR) is 328 cm³/mol. The number of esters is 2. The molecule has 0 bridgehead atoms. The van der Waals surface area contributed by atoms with E-state index >= 15 is 0 Å². The lowest BCUT2D eigenvalue weighted by Gasteiger charge is -2.25. The van der Waals surface area contributed by atoms with Crippen molar-refractivity contribution in [3.8, 4) is 0 Å². The van der Waals surface area contributed by atoms with Gasteiger partial charge in [-0.25, -0.2) is 4.79 Å². The van der Waals surface area contributed by atoms with Crippen LogP contribution in [0.15, 0.2) is 0 Å². The van der Waals surface area contributed by atoms with E-state index in [1.807, 2.05) is 21.1 Å². The Kier molecular flexibility index (Phi) is 59.0. The minimum absolute atomic E-state index is 0.173. The highest BCUT2D eigenvalue weighted by Crippen LogP contribution is 2.19. The van der Waals surface area contributed by atoms with Gasteiger partial charge in [0, 0.05) is 12.8 Å². The van der Waals surface area contributed by atoms with Gasteiger partial charge >= 0.3 is 17.9 Å². The summed E-state index contributed by atoms with van der Waals surface area (Å²) in [5.74, 6) is -1.98. The highest BCUT2D eigenvalue weighted by Gasteiger charge is 2.25. The Morgan fingerprint density at radius 1 is 0.338 bits per heavy atom. The van der Waals surface area contributed by atoms with Crippen molar-refractivity contribution in [3.63, 3.8) is 0 Å². The number of hydrogen-bond donors (Lipinski definition) is 1. The van der Waals surface area contributed by atoms with Crippen molar-refractivity contribution in [1.29, 1.82) is 0 Å². The third kappa shape index (κ3) is 61.8. The third-order valence-corrected chi connectivity index (χ3v) is 15.9. The topological polar surface area (TPSA) is 108 Å². The number of quaternary nitrogens is 1. The molecule has 2 unspecified atom stereocenters. The second-order valence-corrected chi connectivity index (χ2v) is 24.9. The van der Waals surface area contributed by atoms with Crippen LogP contribution in [0.1, 0.15) is 361 Å². The fourth-order valence-electron chi connectivity index (χ4n) is 10.6. The Morgan fingerprint density at radius 3 is 0.831 bits per heavy atom. The lowest BCUT2D eigenvalue weighted by Crippen LogP contribution is -2.40. The van der Waals surface area contributed by atoms with E-state index in [1.165, 1.54) is 295 Å². The molecule has 0 amide bonds. The minimum atomic E-state index is -1.50. The maximum atomic E-state index is 12.9. The molecule has 0 aromatic carbocycles. The number of unbranched alkanes of at least 4 members (excludes halogenated alkanes) is 50. The number of likely N-dealkylation sites (N-methyl/N-ethyl adjacent to an activating group) is 1. The number of carboxylic acid groups (broad SMARTS) is 1. The van der Waals surface area contributed by atoms with Gasteiger partial charge in [0.2, 0.25) is 0 Å². The molecule has 0 aliphatic rings. The molecule has 0 saturated heterocycles. The molecule has 0 aromatic rings. The van der Waals surface area contributed by atoms with Crippen molar-refractivity contribution in [2.24, 2.45) is 0 Å². The molecule has 0 radical (unpaired) electrons. The van der Waals surface area contributed by atoms with E-state index < -0.39 is 18.4 Å². The van der Waals surface area contributed by atoms with E-state index in [9.17, 15) is 19.5 Å². The maximum Gasteiger partial charge on any atom is 0.361 e. The molecule has 458 valence electrons. The molecule has 77 heavy (non-hydrogen) atoms. The normalized spacial score (nSPS) is 12.6. The van der Waals surface area contributed by atoms with Crippen LogP contribution in [0.25, 0.3) is 0 Å². The van der Waals surface area contributed by atoms with Gasteiger partial charge in [-0.15, -0.1) is 0 Å². The molecule has 9 nitrogen and oxygen atoms in total.